The van der Waals surface area contributed by atoms with Gasteiger partial charge in [0.15, 0.2) is 4.21 Å². The van der Waals surface area contributed by atoms with E-state index in [0.717, 1.165) is 11.3 Å². The van der Waals surface area contributed by atoms with E-state index in [-0.39, 0.29) is 29.3 Å². The molecule has 2 heterocycles. The quantitative estimate of drug-likeness (QED) is 0.831. The Kier molecular flexibility index (Phi) is 4.54. The van der Waals surface area contributed by atoms with Crippen LogP contribution in [0, 0.1) is 25.5 Å². The zero-order valence-electron chi connectivity index (χ0n) is 13.2. The highest BCUT2D eigenvalue weighted by atomic mass is 32.2. The van der Waals surface area contributed by atoms with Crippen LogP contribution in [0.1, 0.15) is 22.7 Å². The first kappa shape index (κ1) is 17.2. The Morgan fingerprint density at radius 2 is 1.88 bits per heavy atom. The molecule has 128 valence electrons. The number of hydrogen-bond acceptors (Lipinski definition) is 4. The SMILES string of the molecule is Cc1nc(C)c(S(=O)(=O)N2CC=C(c3c(F)cccc3F)CC2)s1. The van der Waals surface area contributed by atoms with Crippen molar-refractivity contribution < 1.29 is 17.2 Å². The van der Waals surface area contributed by atoms with E-state index < -0.39 is 21.7 Å². The number of aromatic nitrogens is 1. The van der Waals surface area contributed by atoms with Gasteiger partial charge < -0.3 is 0 Å². The summed E-state index contributed by atoms with van der Waals surface area (Å²) in [5, 5.41) is 0.688. The first-order valence-corrected chi connectivity index (χ1v) is 9.64. The summed E-state index contributed by atoms with van der Waals surface area (Å²) in [6.45, 7) is 3.68. The molecule has 8 heteroatoms. The minimum absolute atomic E-state index is 0.0700. The predicted molar refractivity (Wildman–Crippen MR) is 89.3 cm³/mol. The Morgan fingerprint density at radius 1 is 1.21 bits per heavy atom. The molecule has 0 fully saturated rings. The molecule has 0 unspecified atom stereocenters. The molecule has 0 saturated carbocycles. The second-order valence-corrected chi connectivity index (χ2v) is 8.88. The number of aryl methyl sites for hydroxylation is 2. The lowest BCUT2D eigenvalue weighted by Crippen LogP contribution is -2.34. The normalized spacial score (nSPS) is 16.2. The summed E-state index contributed by atoms with van der Waals surface area (Å²) in [6, 6.07) is 3.71. The van der Waals surface area contributed by atoms with Gasteiger partial charge in [-0.25, -0.2) is 22.2 Å². The number of sulfonamides is 1. The molecule has 0 saturated heterocycles. The molecule has 0 radical (unpaired) electrons. The summed E-state index contributed by atoms with van der Waals surface area (Å²) < 4.78 is 54.7. The molecule has 24 heavy (non-hydrogen) atoms. The molecule has 0 spiro atoms. The summed E-state index contributed by atoms with van der Waals surface area (Å²) in [6.07, 6.45) is 1.83. The summed E-state index contributed by atoms with van der Waals surface area (Å²) in [4.78, 5) is 4.16. The lowest BCUT2D eigenvalue weighted by molar-refractivity contribution is 0.441. The minimum atomic E-state index is -3.64. The van der Waals surface area contributed by atoms with E-state index in [2.05, 4.69) is 4.98 Å². The van der Waals surface area contributed by atoms with Gasteiger partial charge in [0.2, 0.25) is 0 Å². The third kappa shape index (κ3) is 3.01. The molecule has 0 aliphatic carbocycles. The first-order valence-electron chi connectivity index (χ1n) is 7.38. The van der Waals surface area contributed by atoms with Crippen LogP contribution in [0.2, 0.25) is 0 Å². The van der Waals surface area contributed by atoms with Gasteiger partial charge in [-0.1, -0.05) is 12.1 Å². The van der Waals surface area contributed by atoms with Gasteiger partial charge in [-0.05, 0) is 38.0 Å². The monoisotopic (exact) mass is 370 g/mol. The summed E-state index contributed by atoms with van der Waals surface area (Å²) in [5.74, 6) is -1.27. The second-order valence-electron chi connectivity index (χ2n) is 5.54. The number of benzene rings is 1. The fourth-order valence-corrected chi connectivity index (χ4v) is 5.77. The van der Waals surface area contributed by atoms with Crippen molar-refractivity contribution in [3.05, 3.63) is 52.2 Å². The zero-order valence-corrected chi connectivity index (χ0v) is 14.8. The van der Waals surface area contributed by atoms with E-state index in [1.807, 2.05) is 0 Å². The summed E-state index contributed by atoms with van der Waals surface area (Å²) in [5.41, 5.74) is 0.904. The summed E-state index contributed by atoms with van der Waals surface area (Å²) in [7, 11) is -3.64. The highest BCUT2D eigenvalue weighted by Gasteiger charge is 2.30. The Bertz CT molecular complexity index is 900. The average Bonchev–Trinajstić information content (AvgIpc) is 2.87. The molecule has 1 aromatic heterocycles. The van der Waals surface area contributed by atoms with Crippen molar-refractivity contribution >= 4 is 26.9 Å². The number of thiazole rings is 1. The van der Waals surface area contributed by atoms with Crippen LogP contribution >= 0.6 is 11.3 Å². The molecule has 1 aliphatic heterocycles. The maximum absolute atomic E-state index is 13.9. The van der Waals surface area contributed by atoms with E-state index >= 15 is 0 Å². The predicted octanol–water partition coefficient (Wildman–Crippen LogP) is 3.52. The molecule has 0 atom stereocenters. The lowest BCUT2D eigenvalue weighted by Gasteiger charge is -2.25. The molecule has 4 nitrogen and oxygen atoms in total. The van der Waals surface area contributed by atoms with Crippen molar-refractivity contribution in [2.24, 2.45) is 0 Å². The van der Waals surface area contributed by atoms with Gasteiger partial charge in [-0.15, -0.1) is 11.3 Å². The second kappa shape index (κ2) is 6.34. The van der Waals surface area contributed by atoms with Crippen LogP contribution in [0.3, 0.4) is 0 Å². The number of halogens is 2. The van der Waals surface area contributed by atoms with Crippen molar-refractivity contribution in [3.63, 3.8) is 0 Å². The molecule has 0 N–H and O–H groups in total. The van der Waals surface area contributed by atoms with Gasteiger partial charge in [-0.2, -0.15) is 4.31 Å². The summed E-state index contributed by atoms with van der Waals surface area (Å²) >= 11 is 1.14. The maximum atomic E-state index is 13.9. The van der Waals surface area contributed by atoms with Crippen LogP contribution in [0.15, 0.2) is 28.5 Å². The van der Waals surface area contributed by atoms with Crippen LogP contribution in [0.5, 0.6) is 0 Å². The van der Waals surface area contributed by atoms with Crippen LogP contribution in [-0.4, -0.2) is 30.8 Å². The Balaban J connectivity index is 1.89. The van der Waals surface area contributed by atoms with Crippen LogP contribution in [0.4, 0.5) is 8.78 Å². The molecule has 1 aromatic carbocycles. The van der Waals surface area contributed by atoms with Crippen LogP contribution in [0.25, 0.3) is 5.57 Å². The lowest BCUT2D eigenvalue weighted by atomic mass is 9.99. The molecular weight excluding hydrogens is 354 g/mol. The third-order valence-electron chi connectivity index (χ3n) is 3.89. The van der Waals surface area contributed by atoms with E-state index in [9.17, 15) is 17.2 Å². The zero-order chi connectivity index (χ0) is 17.5. The van der Waals surface area contributed by atoms with Crippen molar-refractivity contribution in [3.8, 4) is 0 Å². The Labute approximate surface area is 143 Å². The molecule has 3 rings (SSSR count). The van der Waals surface area contributed by atoms with Crippen LogP contribution < -0.4 is 0 Å². The van der Waals surface area contributed by atoms with Crippen molar-refractivity contribution in [1.82, 2.24) is 9.29 Å². The first-order chi connectivity index (χ1) is 11.3. The highest BCUT2D eigenvalue weighted by Crippen LogP contribution is 2.31. The van der Waals surface area contributed by atoms with Crippen molar-refractivity contribution in [1.29, 1.82) is 0 Å². The largest absolute Gasteiger partial charge is 0.254 e. The topological polar surface area (TPSA) is 50.3 Å². The van der Waals surface area contributed by atoms with Crippen LogP contribution in [-0.2, 0) is 10.0 Å². The Morgan fingerprint density at radius 3 is 2.38 bits per heavy atom. The van der Waals surface area contributed by atoms with E-state index in [1.165, 1.54) is 22.5 Å². The van der Waals surface area contributed by atoms with Gasteiger partial charge in [0, 0.05) is 18.7 Å². The fourth-order valence-electron chi connectivity index (χ4n) is 2.77. The molecule has 1 aliphatic rings. The van der Waals surface area contributed by atoms with E-state index in [4.69, 9.17) is 0 Å². The fraction of sp³-hybridized carbons (Fsp3) is 0.312. The number of nitrogens with zero attached hydrogens (tertiary/aromatic N) is 2. The Hall–Kier alpha value is -1.64. The number of hydrogen-bond donors (Lipinski definition) is 0. The third-order valence-corrected chi connectivity index (χ3v) is 7.42. The molecule has 0 bridgehead atoms. The molecule has 0 amide bonds. The van der Waals surface area contributed by atoms with Gasteiger partial charge in [-0.3, -0.25) is 0 Å². The minimum Gasteiger partial charge on any atom is -0.245 e. The maximum Gasteiger partial charge on any atom is 0.254 e. The molecule has 2 aromatic rings. The number of rotatable bonds is 3. The van der Waals surface area contributed by atoms with E-state index in [0.29, 0.717) is 16.3 Å². The molecular formula is C16H16F2N2O2S2. The van der Waals surface area contributed by atoms with E-state index in [1.54, 1.807) is 19.9 Å². The van der Waals surface area contributed by atoms with Crippen molar-refractivity contribution in [2.45, 2.75) is 24.5 Å². The van der Waals surface area contributed by atoms with Crippen molar-refractivity contribution in [2.75, 3.05) is 13.1 Å². The standard InChI is InChI=1S/C16H16F2N2O2S2/c1-10-16(23-11(2)19-10)24(21,22)20-8-6-12(7-9-20)15-13(17)4-3-5-14(15)18/h3-6H,7-9H2,1-2H3. The highest BCUT2D eigenvalue weighted by molar-refractivity contribution is 7.91. The van der Waals surface area contributed by atoms with Gasteiger partial charge in [0.25, 0.3) is 10.0 Å². The van der Waals surface area contributed by atoms with Gasteiger partial charge >= 0.3 is 0 Å². The van der Waals surface area contributed by atoms with Gasteiger partial charge in [0.05, 0.1) is 10.7 Å². The van der Waals surface area contributed by atoms with Gasteiger partial charge in [0.1, 0.15) is 11.6 Å². The average molecular weight is 370 g/mol. The smallest absolute Gasteiger partial charge is 0.245 e.